The standard InChI is InChI=1S/C20H22F2N6/c1-3-23-20(27-13(2)17-8-7-16(21)10-18(17)22)24-11-14-5-4-6-15(9-14)19-25-12-26-28-19/h4-10,12-13H,3,11H2,1-2H3,(H2,23,24,27)(H,25,26,28). The van der Waals surface area contributed by atoms with E-state index in [1.165, 1.54) is 18.5 Å². The van der Waals surface area contributed by atoms with Crippen molar-refractivity contribution in [1.82, 2.24) is 25.8 Å². The van der Waals surface area contributed by atoms with E-state index >= 15 is 0 Å². The van der Waals surface area contributed by atoms with Crippen molar-refractivity contribution >= 4 is 5.96 Å². The van der Waals surface area contributed by atoms with E-state index in [0.717, 1.165) is 17.2 Å². The second-order valence-corrected chi connectivity index (χ2v) is 6.26. The molecule has 0 saturated carbocycles. The molecule has 1 unspecified atom stereocenters. The predicted octanol–water partition coefficient (Wildman–Crippen LogP) is 3.57. The molecule has 0 aliphatic rings. The van der Waals surface area contributed by atoms with Gasteiger partial charge in [0.25, 0.3) is 0 Å². The zero-order valence-electron chi connectivity index (χ0n) is 15.7. The summed E-state index contributed by atoms with van der Waals surface area (Å²) >= 11 is 0. The molecule has 0 saturated heterocycles. The van der Waals surface area contributed by atoms with Crippen LogP contribution in [0.3, 0.4) is 0 Å². The molecule has 3 N–H and O–H groups in total. The minimum atomic E-state index is -0.597. The van der Waals surface area contributed by atoms with Gasteiger partial charge in [0.15, 0.2) is 11.8 Å². The van der Waals surface area contributed by atoms with Crippen LogP contribution in [0.25, 0.3) is 11.4 Å². The van der Waals surface area contributed by atoms with Crippen molar-refractivity contribution in [3.05, 3.63) is 71.6 Å². The molecule has 3 aromatic rings. The molecule has 0 bridgehead atoms. The third-order valence-electron chi connectivity index (χ3n) is 4.16. The van der Waals surface area contributed by atoms with E-state index in [1.807, 2.05) is 31.2 Å². The maximum Gasteiger partial charge on any atom is 0.192 e. The van der Waals surface area contributed by atoms with E-state index in [4.69, 9.17) is 0 Å². The number of H-pyrrole nitrogens is 1. The Morgan fingerprint density at radius 1 is 1.21 bits per heavy atom. The first-order valence-corrected chi connectivity index (χ1v) is 9.01. The highest BCUT2D eigenvalue weighted by Crippen LogP contribution is 2.18. The molecule has 2 aromatic carbocycles. The molecule has 0 amide bonds. The summed E-state index contributed by atoms with van der Waals surface area (Å²) in [5.41, 5.74) is 2.29. The van der Waals surface area contributed by atoms with Crippen molar-refractivity contribution in [3.63, 3.8) is 0 Å². The van der Waals surface area contributed by atoms with E-state index in [1.54, 1.807) is 6.92 Å². The second-order valence-electron chi connectivity index (χ2n) is 6.26. The highest BCUT2D eigenvalue weighted by Gasteiger charge is 2.13. The van der Waals surface area contributed by atoms with E-state index in [9.17, 15) is 8.78 Å². The van der Waals surface area contributed by atoms with Crippen molar-refractivity contribution in [1.29, 1.82) is 0 Å². The van der Waals surface area contributed by atoms with Gasteiger partial charge in [-0.3, -0.25) is 5.10 Å². The Labute approximate surface area is 162 Å². The van der Waals surface area contributed by atoms with Gasteiger partial charge in [0.05, 0.1) is 12.6 Å². The zero-order chi connectivity index (χ0) is 19.9. The molecule has 6 nitrogen and oxygen atoms in total. The van der Waals surface area contributed by atoms with Crippen LogP contribution >= 0.6 is 0 Å². The van der Waals surface area contributed by atoms with Crippen LogP contribution in [0.5, 0.6) is 0 Å². The molecule has 1 aromatic heterocycles. The van der Waals surface area contributed by atoms with Gasteiger partial charge in [0, 0.05) is 23.7 Å². The van der Waals surface area contributed by atoms with Crippen molar-refractivity contribution in [3.8, 4) is 11.4 Å². The van der Waals surface area contributed by atoms with Gasteiger partial charge in [-0.05, 0) is 31.5 Å². The predicted molar refractivity (Wildman–Crippen MR) is 105 cm³/mol. The first kappa shape index (κ1) is 19.5. The largest absolute Gasteiger partial charge is 0.357 e. The highest BCUT2D eigenvalue weighted by atomic mass is 19.1. The van der Waals surface area contributed by atoms with E-state index < -0.39 is 11.6 Å². The Hall–Kier alpha value is -3.29. The third-order valence-corrected chi connectivity index (χ3v) is 4.16. The van der Waals surface area contributed by atoms with Crippen LogP contribution in [0.4, 0.5) is 8.78 Å². The minimum Gasteiger partial charge on any atom is -0.357 e. The lowest BCUT2D eigenvalue weighted by molar-refractivity contribution is 0.551. The molecule has 3 rings (SSSR count). The Morgan fingerprint density at radius 2 is 2.07 bits per heavy atom. The van der Waals surface area contributed by atoms with E-state index in [2.05, 4.69) is 30.8 Å². The second kappa shape index (κ2) is 9.07. The lowest BCUT2D eigenvalue weighted by atomic mass is 10.1. The van der Waals surface area contributed by atoms with Crippen LogP contribution in [0.2, 0.25) is 0 Å². The number of aromatic nitrogens is 3. The minimum absolute atomic E-state index is 0.374. The number of hydrogen-bond donors (Lipinski definition) is 3. The van der Waals surface area contributed by atoms with Crippen LogP contribution in [0.15, 0.2) is 53.8 Å². The first-order valence-electron chi connectivity index (χ1n) is 9.01. The van der Waals surface area contributed by atoms with Gasteiger partial charge in [0.2, 0.25) is 0 Å². The SMILES string of the molecule is CCNC(=NCc1cccc(-c2ncn[nH]2)c1)NC(C)c1ccc(F)cc1F. The fourth-order valence-electron chi connectivity index (χ4n) is 2.79. The molecule has 0 spiro atoms. The molecule has 1 heterocycles. The Balaban J connectivity index is 1.73. The molecule has 146 valence electrons. The highest BCUT2D eigenvalue weighted by molar-refractivity contribution is 5.80. The Kier molecular flexibility index (Phi) is 6.31. The first-order chi connectivity index (χ1) is 13.6. The van der Waals surface area contributed by atoms with Gasteiger partial charge in [-0.2, -0.15) is 5.10 Å². The summed E-state index contributed by atoms with van der Waals surface area (Å²) in [4.78, 5) is 8.72. The Morgan fingerprint density at radius 3 is 2.79 bits per heavy atom. The smallest absolute Gasteiger partial charge is 0.192 e. The number of nitrogens with zero attached hydrogens (tertiary/aromatic N) is 3. The number of rotatable bonds is 6. The van der Waals surface area contributed by atoms with Gasteiger partial charge < -0.3 is 10.6 Å². The summed E-state index contributed by atoms with van der Waals surface area (Å²) in [7, 11) is 0. The van der Waals surface area contributed by atoms with E-state index in [0.29, 0.717) is 30.4 Å². The van der Waals surface area contributed by atoms with Crippen LogP contribution in [0, 0.1) is 11.6 Å². The summed E-state index contributed by atoms with van der Waals surface area (Å²) in [6, 6.07) is 11.0. The zero-order valence-corrected chi connectivity index (χ0v) is 15.7. The summed E-state index contributed by atoms with van der Waals surface area (Å²) in [5, 5.41) is 13.0. The van der Waals surface area contributed by atoms with Crippen LogP contribution in [-0.4, -0.2) is 27.7 Å². The average Bonchev–Trinajstić information content (AvgIpc) is 3.21. The van der Waals surface area contributed by atoms with Gasteiger partial charge in [-0.1, -0.05) is 24.3 Å². The van der Waals surface area contributed by atoms with Crippen molar-refractivity contribution < 1.29 is 8.78 Å². The number of benzene rings is 2. The molecule has 8 heteroatoms. The number of hydrogen-bond acceptors (Lipinski definition) is 3. The maximum absolute atomic E-state index is 14.0. The molecular formula is C20H22F2N6. The molecule has 0 radical (unpaired) electrons. The Bertz CT molecular complexity index is 940. The number of guanidine groups is 1. The molecule has 0 fully saturated rings. The maximum atomic E-state index is 14.0. The molecule has 28 heavy (non-hydrogen) atoms. The van der Waals surface area contributed by atoms with Gasteiger partial charge in [-0.15, -0.1) is 0 Å². The number of nitrogens with one attached hydrogen (secondary N) is 3. The topological polar surface area (TPSA) is 78.0 Å². The fourth-order valence-corrected chi connectivity index (χ4v) is 2.79. The monoisotopic (exact) mass is 384 g/mol. The van der Waals surface area contributed by atoms with Gasteiger partial charge >= 0.3 is 0 Å². The van der Waals surface area contributed by atoms with Gasteiger partial charge in [-0.25, -0.2) is 18.8 Å². The van der Waals surface area contributed by atoms with Crippen molar-refractivity contribution in [2.75, 3.05) is 6.54 Å². The third kappa shape index (κ3) is 4.91. The average molecular weight is 384 g/mol. The molecule has 0 aliphatic carbocycles. The van der Waals surface area contributed by atoms with Crippen LogP contribution in [-0.2, 0) is 6.54 Å². The lowest BCUT2D eigenvalue weighted by Gasteiger charge is -2.18. The lowest BCUT2D eigenvalue weighted by Crippen LogP contribution is -2.39. The van der Waals surface area contributed by atoms with Crippen molar-refractivity contribution in [2.24, 2.45) is 4.99 Å². The summed E-state index contributed by atoms with van der Waals surface area (Å²) in [6.07, 6.45) is 1.46. The van der Waals surface area contributed by atoms with E-state index in [-0.39, 0.29) is 6.04 Å². The van der Waals surface area contributed by atoms with Crippen LogP contribution < -0.4 is 10.6 Å². The number of halogens is 2. The summed E-state index contributed by atoms with van der Waals surface area (Å²) < 4.78 is 27.1. The number of aromatic amines is 1. The fraction of sp³-hybridized carbons (Fsp3) is 0.250. The summed E-state index contributed by atoms with van der Waals surface area (Å²) in [6.45, 7) is 4.83. The number of aliphatic imine (C=N–C) groups is 1. The van der Waals surface area contributed by atoms with Crippen LogP contribution in [0.1, 0.15) is 31.0 Å². The molecular weight excluding hydrogens is 362 g/mol. The normalized spacial score (nSPS) is 12.6. The summed E-state index contributed by atoms with van der Waals surface area (Å²) in [5.74, 6) is 0.0522. The molecule has 0 aliphatic heterocycles. The molecule has 1 atom stereocenters. The quantitative estimate of drug-likeness (QED) is 0.449. The van der Waals surface area contributed by atoms with Gasteiger partial charge in [0.1, 0.15) is 18.0 Å². The van der Waals surface area contributed by atoms with Crippen molar-refractivity contribution in [2.45, 2.75) is 26.4 Å².